The van der Waals surface area contributed by atoms with Gasteiger partial charge in [-0.1, -0.05) is 12.1 Å². The molecule has 7 heteroatoms. The largest absolute Gasteiger partial charge is 0.495 e. The molecule has 2 aromatic rings. The van der Waals surface area contributed by atoms with E-state index in [1.165, 1.54) is 18.2 Å². The van der Waals surface area contributed by atoms with Gasteiger partial charge in [-0.3, -0.25) is 10.1 Å². The number of methoxy groups -OCH3 is 1. The van der Waals surface area contributed by atoms with Gasteiger partial charge in [0, 0.05) is 12.2 Å². The van der Waals surface area contributed by atoms with Crippen molar-refractivity contribution in [3.8, 4) is 5.75 Å². The Bertz CT molecular complexity index is 864. The van der Waals surface area contributed by atoms with E-state index in [-0.39, 0.29) is 17.6 Å². The van der Waals surface area contributed by atoms with Crippen LogP contribution in [-0.2, 0) is 4.74 Å². The molecule has 3 rings (SSSR count). The molecule has 1 aliphatic heterocycles. The second-order valence-electron chi connectivity index (χ2n) is 6.62. The number of hydrogen-bond acceptors (Lipinski definition) is 4. The van der Waals surface area contributed by atoms with Crippen LogP contribution in [0.4, 0.5) is 10.1 Å². The molecule has 0 aliphatic carbocycles. The van der Waals surface area contributed by atoms with Crippen LogP contribution in [-0.4, -0.2) is 38.2 Å². The normalized spacial score (nSPS) is 16.7. The molecule has 0 saturated carbocycles. The number of guanidine groups is 1. The van der Waals surface area contributed by atoms with E-state index in [0.717, 1.165) is 25.0 Å². The average molecular weight is 385 g/mol. The fourth-order valence-corrected chi connectivity index (χ4v) is 2.95. The first-order valence-corrected chi connectivity index (χ1v) is 9.20. The van der Waals surface area contributed by atoms with Crippen LogP contribution in [0.1, 0.15) is 28.8 Å². The molecule has 1 heterocycles. The highest BCUT2D eigenvalue weighted by molar-refractivity contribution is 6.10. The molecule has 2 N–H and O–H groups in total. The zero-order chi connectivity index (χ0) is 19.9. The van der Waals surface area contributed by atoms with Crippen LogP contribution in [0.3, 0.4) is 0 Å². The van der Waals surface area contributed by atoms with Gasteiger partial charge < -0.3 is 14.8 Å². The van der Waals surface area contributed by atoms with Gasteiger partial charge in [-0.15, -0.1) is 0 Å². The van der Waals surface area contributed by atoms with Crippen LogP contribution >= 0.6 is 0 Å². The molecule has 1 amide bonds. The van der Waals surface area contributed by atoms with Crippen LogP contribution in [0.25, 0.3) is 0 Å². The third-order valence-electron chi connectivity index (χ3n) is 4.40. The fourth-order valence-electron chi connectivity index (χ4n) is 2.95. The van der Waals surface area contributed by atoms with E-state index in [0.29, 0.717) is 18.0 Å². The minimum atomic E-state index is -0.473. The van der Waals surface area contributed by atoms with Gasteiger partial charge >= 0.3 is 0 Å². The van der Waals surface area contributed by atoms with Crippen LogP contribution in [0.2, 0.25) is 0 Å². The van der Waals surface area contributed by atoms with Gasteiger partial charge in [0.1, 0.15) is 11.6 Å². The number of carbonyl (C=O) groups excluding carboxylic acids is 1. The lowest BCUT2D eigenvalue weighted by Gasteiger charge is -2.16. The average Bonchev–Trinajstić information content (AvgIpc) is 3.20. The quantitative estimate of drug-likeness (QED) is 0.610. The molecular formula is C21H24FN3O3. The van der Waals surface area contributed by atoms with Crippen molar-refractivity contribution >= 4 is 17.6 Å². The predicted molar refractivity (Wildman–Crippen MR) is 106 cm³/mol. The summed E-state index contributed by atoms with van der Waals surface area (Å²) in [5.74, 6) is -0.0485. The number of aryl methyl sites for hydroxylation is 1. The van der Waals surface area contributed by atoms with Gasteiger partial charge in [0.2, 0.25) is 5.96 Å². The summed E-state index contributed by atoms with van der Waals surface area (Å²) in [6.07, 6.45) is 1.97. The maximum absolute atomic E-state index is 13.4. The van der Waals surface area contributed by atoms with Crippen molar-refractivity contribution in [1.29, 1.82) is 0 Å². The topological polar surface area (TPSA) is 71.9 Å². The zero-order valence-electron chi connectivity index (χ0n) is 16.0. The van der Waals surface area contributed by atoms with Gasteiger partial charge in [0.05, 0.1) is 25.4 Å². The fraction of sp³-hybridized carbons (Fsp3) is 0.333. The monoisotopic (exact) mass is 385 g/mol. The van der Waals surface area contributed by atoms with E-state index >= 15 is 0 Å². The third kappa shape index (κ3) is 5.29. The van der Waals surface area contributed by atoms with Gasteiger partial charge in [-0.05, 0) is 55.7 Å². The maximum Gasteiger partial charge on any atom is 0.258 e. The minimum absolute atomic E-state index is 0.0299. The number of nitrogens with one attached hydrogen (secondary N) is 2. The Morgan fingerprint density at radius 3 is 2.89 bits per heavy atom. The van der Waals surface area contributed by atoms with Crippen molar-refractivity contribution in [3.05, 3.63) is 59.4 Å². The first-order valence-electron chi connectivity index (χ1n) is 9.20. The molecular weight excluding hydrogens is 361 g/mol. The number of hydrogen-bond donors (Lipinski definition) is 2. The summed E-state index contributed by atoms with van der Waals surface area (Å²) in [6, 6.07) is 11.2. The zero-order valence-corrected chi connectivity index (χ0v) is 16.0. The van der Waals surface area contributed by atoms with E-state index in [1.807, 2.05) is 25.1 Å². The molecule has 0 spiro atoms. The lowest BCUT2D eigenvalue weighted by atomic mass is 10.2. The van der Waals surface area contributed by atoms with Crippen LogP contribution in [0, 0.1) is 12.7 Å². The third-order valence-corrected chi connectivity index (χ3v) is 4.40. The van der Waals surface area contributed by atoms with E-state index < -0.39 is 11.7 Å². The standard InChI is InChI=1S/C21H24FN3O3/c1-14-8-9-19(27-2)18(11-14)24-21(23-13-17-7-4-10-28-17)25-20(26)15-5-3-6-16(22)12-15/h3,5-6,8-9,11-12,17H,4,7,10,13H2,1-2H3,(H2,23,24,25,26)/t17-/m0/s1. The van der Waals surface area contributed by atoms with Crippen molar-refractivity contribution in [3.63, 3.8) is 0 Å². The van der Waals surface area contributed by atoms with Crippen molar-refractivity contribution in [2.24, 2.45) is 4.99 Å². The second-order valence-corrected chi connectivity index (χ2v) is 6.62. The molecule has 1 saturated heterocycles. The molecule has 148 valence electrons. The summed E-state index contributed by atoms with van der Waals surface area (Å²) < 4.78 is 24.4. The highest BCUT2D eigenvalue weighted by Crippen LogP contribution is 2.25. The molecule has 2 aromatic carbocycles. The smallest absolute Gasteiger partial charge is 0.258 e. The maximum atomic E-state index is 13.4. The Kier molecular flexibility index (Phi) is 6.60. The number of nitrogens with zero attached hydrogens (tertiary/aromatic N) is 1. The van der Waals surface area contributed by atoms with Crippen LogP contribution in [0.5, 0.6) is 5.75 Å². The van der Waals surface area contributed by atoms with Crippen molar-refractivity contribution < 1.29 is 18.7 Å². The lowest BCUT2D eigenvalue weighted by Crippen LogP contribution is -2.37. The number of halogens is 1. The summed E-state index contributed by atoms with van der Waals surface area (Å²) in [6.45, 7) is 3.10. The van der Waals surface area contributed by atoms with Gasteiger partial charge in [0.25, 0.3) is 5.91 Å². The molecule has 28 heavy (non-hydrogen) atoms. The Balaban J connectivity index is 1.81. The number of benzene rings is 2. The number of carbonyl (C=O) groups is 1. The summed E-state index contributed by atoms with van der Waals surface area (Å²) in [7, 11) is 1.57. The van der Waals surface area contributed by atoms with Gasteiger partial charge in [-0.25, -0.2) is 9.38 Å². The Labute approximate surface area is 163 Å². The van der Waals surface area contributed by atoms with E-state index in [2.05, 4.69) is 15.6 Å². The molecule has 0 unspecified atom stereocenters. The first kappa shape index (κ1) is 19.8. The van der Waals surface area contributed by atoms with Crippen LogP contribution < -0.4 is 15.4 Å². The summed E-state index contributed by atoms with van der Waals surface area (Å²) in [4.78, 5) is 17.0. The summed E-state index contributed by atoms with van der Waals surface area (Å²) in [5, 5.41) is 5.85. The van der Waals surface area contributed by atoms with Crippen molar-refractivity contribution in [2.75, 3.05) is 25.6 Å². The number of ether oxygens (including phenoxy) is 2. The lowest BCUT2D eigenvalue weighted by molar-refractivity contribution is 0.0975. The number of anilines is 1. The highest BCUT2D eigenvalue weighted by atomic mass is 19.1. The van der Waals surface area contributed by atoms with Gasteiger partial charge in [0.15, 0.2) is 0 Å². The molecule has 0 aromatic heterocycles. The molecule has 6 nitrogen and oxygen atoms in total. The first-order chi connectivity index (χ1) is 13.5. The Morgan fingerprint density at radius 1 is 1.32 bits per heavy atom. The SMILES string of the molecule is COc1ccc(C)cc1NC(=NC[C@@H]1CCCO1)NC(=O)c1cccc(F)c1. The predicted octanol–water partition coefficient (Wildman–Crippen LogP) is 3.52. The number of aliphatic imine (C=N–C) groups is 1. The second kappa shape index (κ2) is 9.32. The molecule has 0 radical (unpaired) electrons. The number of rotatable bonds is 5. The van der Waals surface area contributed by atoms with E-state index in [9.17, 15) is 9.18 Å². The minimum Gasteiger partial charge on any atom is -0.495 e. The summed E-state index contributed by atoms with van der Waals surface area (Å²) >= 11 is 0. The highest BCUT2D eigenvalue weighted by Gasteiger charge is 2.17. The Hall–Kier alpha value is -2.93. The Morgan fingerprint density at radius 2 is 2.18 bits per heavy atom. The van der Waals surface area contributed by atoms with Crippen molar-refractivity contribution in [1.82, 2.24) is 5.32 Å². The van der Waals surface area contributed by atoms with E-state index in [1.54, 1.807) is 13.2 Å². The number of amides is 1. The molecule has 0 bridgehead atoms. The molecule has 1 fully saturated rings. The van der Waals surface area contributed by atoms with Crippen molar-refractivity contribution in [2.45, 2.75) is 25.9 Å². The van der Waals surface area contributed by atoms with Gasteiger partial charge in [-0.2, -0.15) is 0 Å². The molecule has 1 atom stereocenters. The summed E-state index contributed by atoms with van der Waals surface area (Å²) in [5.41, 5.74) is 1.91. The van der Waals surface area contributed by atoms with Crippen LogP contribution in [0.15, 0.2) is 47.5 Å². The molecule has 1 aliphatic rings. The van der Waals surface area contributed by atoms with E-state index in [4.69, 9.17) is 9.47 Å².